The number of rotatable bonds is 7. The molecular formula is C60H39F3N4. The molecule has 12 aromatic rings. The standard InChI is InChI=1S/C60H39F3N4/c1-38-28-31-43(50(34-38)60(61,62)63)41-30-33-57-49(35-41)47-23-11-15-27-56(47)67(57)58-36-42(52-37-51(39-16-4-2-5-17-39)64-59(65-52)40-18-6-3-7-19-40)29-32-48(58)46-22-10-14-26-55(46)66-53-24-12-8-20-44(53)45-21-9-13-25-54(45)66/h2-37H,1H3. The molecule has 0 N–H and O–H groups in total. The van der Waals surface area contributed by atoms with E-state index in [1.165, 1.54) is 6.07 Å². The summed E-state index contributed by atoms with van der Waals surface area (Å²) in [5, 5.41) is 4.09. The predicted molar refractivity (Wildman–Crippen MR) is 268 cm³/mol. The zero-order chi connectivity index (χ0) is 45.2. The molecule has 0 aliphatic carbocycles. The molecule has 67 heavy (non-hydrogen) atoms. The van der Waals surface area contributed by atoms with Crippen LogP contribution in [0.25, 0.3) is 111 Å². The molecule has 0 amide bonds. The Morgan fingerprint density at radius 1 is 0.358 bits per heavy atom. The van der Waals surface area contributed by atoms with Crippen LogP contribution in [0.1, 0.15) is 11.1 Å². The summed E-state index contributed by atoms with van der Waals surface area (Å²) in [6.45, 7) is 1.69. The Hall–Kier alpha value is -8.55. The van der Waals surface area contributed by atoms with Gasteiger partial charge in [0.15, 0.2) is 5.82 Å². The molecule has 3 aromatic heterocycles. The second-order valence-corrected chi connectivity index (χ2v) is 16.9. The first-order valence-electron chi connectivity index (χ1n) is 22.2. The van der Waals surface area contributed by atoms with E-state index in [-0.39, 0.29) is 5.56 Å². The van der Waals surface area contributed by atoms with E-state index in [2.05, 4.69) is 124 Å². The number of fused-ring (bicyclic) bond motifs is 6. The number of alkyl halides is 3. The minimum Gasteiger partial charge on any atom is -0.309 e. The van der Waals surface area contributed by atoms with Crippen molar-refractivity contribution in [3.63, 3.8) is 0 Å². The largest absolute Gasteiger partial charge is 0.417 e. The van der Waals surface area contributed by atoms with Crippen LogP contribution in [0.5, 0.6) is 0 Å². The van der Waals surface area contributed by atoms with E-state index in [1.807, 2.05) is 84.9 Å². The van der Waals surface area contributed by atoms with Gasteiger partial charge in [0.2, 0.25) is 0 Å². The van der Waals surface area contributed by atoms with Crippen molar-refractivity contribution < 1.29 is 13.2 Å². The molecule has 0 spiro atoms. The number of halogens is 3. The van der Waals surface area contributed by atoms with Crippen molar-refractivity contribution in [2.75, 3.05) is 0 Å². The molecule has 0 unspecified atom stereocenters. The normalized spacial score (nSPS) is 11.9. The Labute approximate surface area is 384 Å². The Balaban J connectivity index is 1.15. The van der Waals surface area contributed by atoms with Crippen molar-refractivity contribution in [2.24, 2.45) is 0 Å². The van der Waals surface area contributed by atoms with Gasteiger partial charge in [0.25, 0.3) is 0 Å². The molecule has 320 valence electrons. The van der Waals surface area contributed by atoms with Crippen LogP contribution in [-0.2, 0) is 6.18 Å². The van der Waals surface area contributed by atoms with Crippen LogP contribution in [0.15, 0.2) is 218 Å². The topological polar surface area (TPSA) is 35.6 Å². The van der Waals surface area contributed by atoms with Gasteiger partial charge in [-0.05, 0) is 72.6 Å². The van der Waals surface area contributed by atoms with Gasteiger partial charge in [-0.25, -0.2) is 9.97 Å². The third-order valence-corrected chi connectivity index (χ3v) is 12.8. The Kier molecular flexibility index (Phi) is 9.47. The van der Waals surface area contributed by atoms with Crippen molar-refractivity contribution in [2.45, 2.75) is 13.1 Å². The second kappa shape index (κ2) is 15.9. The van der Waals surface area contributed by atoms with Crippen LogP contribution >= 0.6 is 0 Å². The summed E-state index contributed by atoms with van der Waals surface area (Å²) in [5.41, 5.74) is 12.7. The Morgan fingerprint density at radius 3 is 1.51 bits per heavy atom. The summed E-state index contributed by atoms with van der Waals surface area (Å²) >= 11 is 0. The summed E-state index contributed by atoms with van der Waals surface area (Å²) in [6.07, 6.45) is -4.52. The molecule has 3 heterocycles. The molecule has 0 aliphatic heterocycles. The van der Waals surface area contributed by atoms with Gasteiger partial charge in [-0.3, -0.25) is 0 Å². The van der Waals surface area contributed by atoms with Crippen LogP contribution in [0.4, 0.5) is 13.2 Å². The first-order chi connectivity index (χ1) is 32.8. The number of aromatic nitrogens is 4. The lowest BCUT2D eigenvalue weighted by Gasteiger charge is -2.20. The lowest BCUT2D eigenvalue weighted by atomic mass is 9.96. The summed E-state index contributed by atoms with van der Waals surface area (Å²) < 4.78 is 48.5. The fourth-order valence-corrected chi connectivity index (χ4v) is 9.79. The molecule has 0 aliphatic rings. The molecule has 0 bridgehead atoms. The zero-order valence-corrected chi connectivity index (χ0v) is 36.2. The molecule has 12 rings (SSSR count). The number of hydrogen-bond donors (Lipinski definition) is 0. The van der Waals surface area contributed by atoms with Crippen LogP contribution < -0.4 is 0 Å². The average Bonchev–Trinajstić information content (AvgIpc) is 3.89. The molecule has 7 heteroatoms. The van der Waals surface area contributed by atoms with Gasteiger partial charge >= 0.3 is 6.18 Å². The van der Waals surface area contributed by atoms with E-state index < -0.39 is 11.7 Å². The minimum absolute atomic E-state index is 0.145. The molecule has 0 saturated heterocycles. The highest BCUT2D eigenvalue weighted by Gasteiger charge is 2.34. The van der Waals surface area contributed by atoms with Crippen molar-refractivity contribution in [1.82, 2.24) is 19.1 Å². The third-order valence-electron chi connectivity index (χ3n) is 12.8. The van der Waals surface area contributed by atoms with Gasteiger partial charge in [-0.1, -0.05) is 169 Å². The molecule has 4 nitrogen and oxygen atoms in total. The first kappa shape index (κ1) is 40.0. The monoisotopic (exact) mass is 872 g/mol. The van der Waals surface area contributed by atoms with E-state index >= 15 is 0 Å². The highest BCUT2D eigenvalue weighted by atomic mass is 19.4. The predicted octanol–water partition coefficient (Wildman–Crippen LogP) is 16.3. The second-order valence-electron chi connectivity index (χ2n) is 16.9. The van der Waals surface area contributed by atoms with Gasteiger partial charge < -0.3 is 9.13 Å². The molecular weight excluding hydrogens is 834 g/mol. The SMILES string of the molecule is Cc1ccc(-c2ccc3c(c2)c2ccccc2n3-c2cc(-c3cc(-c4ccccc4)nc(-c4ccccc4)n3)ccc2-c2ccccc2-n2c3ccccc3c3ccccc32)c(C(F)(F)F)c1. The Bertz CT molecular complexity index is 3750. The van der Waals surface area contributed by atoms with Gasteiger partial charge in [0.05, 0.1) is 50.4 Å². The quantitative estimate of drug-likeness (QED) is 0.160. The van der Waals surface area contributed by atoms with Crippen molar-refractivity contribution in [3.8, 4) is 67.5 Å². The zero-order valence-electron chi connectivity index (χ0n) is 36.2. The van der Waals surface area contributed by atoms with E-state index in [4.69, 9.17) is 9.97 Å². The van der Waals surface area contributed by atoms with Crippen molar-refractivity contribution in [3.05, 3.63) is 230 Å². The minimum atomic E-state index is -4.52. The third kappa shape index (κ3) is 6.86. The van der Waals surface area contributed by atoms with E-state index in [9.17, 15) is 13.2 Å². The first-order valence-corrected chi connectivity index (χ1v) is 22.2. The number of para-hydroxylation sites is 4. The molecule has 0 saturated carbocycles. The number of nitrogens with zero attached hydrogens (tertiary/aromatic N) is 4. The maximum absolute atomic E-state index is 14.6. The van der Waals surface area contributed by atoms with E-state index in [1.54, 1.807) is 19.1 Å². The smallest absolute Gasteiger partial charge is 0.309 e. The van der Waals surface area contributed by atoms with E-state index in [0.717, 1.165) is 94.2 Å². The van der Waals surface area contributed by atoms with Gasteiger partial charge in [-0.15, -0.1) is 0 Å². The van der Waals surface area contributed by atoms with Crippen LogP contribution in [0.2, 0.25) is 0 Å². The van der Waals surface area contributed by atoms with Crippen LogP contribution in [-0.4, -0.2) is 19.1 Å². The molecule has 0 radical (unpaired) electrons. The summed E-state index contributed by atoms with van der Waals surface area (Å²) in [5.74, 6) is 0.609. The lowest BCUT2D eigenvalue weighted by molar-refractivity contribution is -0.137. The lowest BCUT2D eigenvalue weighted by Crippen LogP contribution is -2.07. The van der Waals surface area contributed by atoms with Crippen LogP contribution in [0, 0.1) is 6.92 Å². The van der Waals surface area contributed by atoms with Crippen molar-refractivity contribution >= 4 is 43.6 Å². The van der Waals surface area contributed by atoms with Crippen molar-refractivity contribution in [1.29, 1.82) is 0 Å². The maximum atomic E-state index is 14.6. The fraction of sp³-hybridized carbons (Fsp3) is 0.0333. The maximum Gasteiger partial charge on any atom is 0.417 e. The van der Waals surface area contributed by atoms with Gasteiger partial charge in [-0.2, -0.15) is 13.2 Å². The molecule has 0 fully saturated rings. The molecule has 0 atom stereocenters. The highest BCUT2D eigenvalue weighted by Crippen LogP contribution is 2.44. The van der Waals surface area contributed by atoms with Gasteiger partial charge in [0.1, 0.15) is 0 Å². The molecule has 9 aromatic carbocycles. The average molecular weight is 873 g/mol. The fourth-order valence-electron chi connectivity index (χ4n) is 9.79. The summed E-state index contributed by atoms with van der Waals surface area (Å²) in [7, 11) is 0. The van der Waals surface area contributed by atoms with Crippen LogP contribution in [0.3, 0.4) is 0 Å². The number of aryl methyl sites for hydroxylation is 1. The number of hydrogen-bond acceptors (Lipinski definition) is 2. The Morgan fingerprint density at radius 2 is 0.851 bits per heavy atom. The highest BCUT2D eigenvalue weighted by molar-refractivity contribution is 6.12. The van der Waals surface area contributed by atoms with Gasteiger partial charge in [0, 0.05) is 49.4 Å². The number of benzene rings is 9. The summed E-state index contributed by atoms with van der Waals surface area (Å²) in [4.78, 5) is 10.3. The summed E-state index contributed by atoms with van der Waals surface area (Å²) in [6, 6.07) is 72.6. The van der Waals surface area contributed by atoms with E-state index in [0.29, 0.717) is 17.0 Å².